The minimum atomic E-state index is -0.184. The number of hydrogen-bond donors (Lipinski definition) is 2. The van der Waals surface area contributed by atoms with Crippen LogP contribution in [0.5, 0.6) is 0 Å². The quantitative estimate of drug-likeness (QED) is 0.837. The maximum absolute atomic E-state index is 12.4. The molecule has 7 nitrogen and oxygen atoms in total. The van der Waals surface area contributed by atoms with Crippen LogP contribution >= 0.6 is 0 Å². The molecule has 0 radical (unpaired) electrons. The predicted octanol–water partition coefficient (Wildman–Crippen LogP) is 0.751. The van der Waals surface area contributed by atoms with E-state index in [1.807, 2.05) is 0 Å². The fourth-order valence-electron chi connectivity index (χ4n) is 3.71. The molecular formula is C16H26N4O3. The van der Waals surface area contributed by atoms with Crippen molar-refractivity contribution in [1.29, 1.82) is 0 Å². The summed E-state index contributed by atoms with van der Waals surface area (Å²) in [5.74, 6) is 1.37. The number of methoxy groups -OCH3 is 1. The SMILES string of the molecule is COC1CC(C(=O)N[C@@H]2CCCC[C@@H]2Cc2n[nH]c(=O)n2C)C1. The smallest absolute Gasteiger partial charge is 0.343 e. The van der Waals surface area contributed by atoms with E-state index in [9.17, 15) is 9.59 Å². The van der Waals surface area contributed by atoms with Crippen LogP contribution in [0.3, 0.4) is 0 Å². The van der Waals surface area contributed by atoms with E-state index in [4.69, 9.17) is 4.74 Å². The van der Waals surface area contributed by atoms with Crippen LogP contribution in [-0.4, -0.2) is 39.9 Å². The molecule has 1 aromatic rings. The van der Waals surface area contributed by atoms with Gasteiger partial charge in [0.1, 0.15) is 5.82 Å². The molecule has 128 valence electrons. The fourth-order valence-corrected chi connectivity index (χ4v) is 3.71. The van der Waals surface area contributed by atoms with Gasteiger partial charge in [0.25, 0.3) is 0 Å². The van der Waals surface area contributed by atoms with Crippen LogP contribution < -0.4 is 11.0 Å². The van der Waals surface area contributed by atoms with Crippen molar-refractivity contribution in [3.63, 3.8) is 0 Å². The van der Waals surface area contributed by atoms with Gasteiger partial charge in [-0.05, 0) is 31.6 Å². The number of amides is 1. The lowest BCUT2D eigenvalue weighted by atomic mass is 9.79. The van der Waals surface area contributed by atoms with Crippen LogP contribution in [0, 0.1) is 11.8 Å². The molecule has 1 heterocycles. The fraction of sp³-hybridized carbons (Fsp3) is 0.812. The number of ether oxygens (including phenoxy) is 1. The lowest BCUT2D eigenvalue weighted by molar-refractivity contribution is -0.133. The maximum Gasteiger partial charge on any atom is 0.343 e. The van der Waals surface area contributed by atoms with Crippen LogP contribution in [0.25, 0.3) is 0 Å². The highest BCUT2D eigenvalue weighted by atomic mass is 16.5. The van der Waals surface area contributed by atoms with Gasteiger partial charge in [-0.15, -0.1) is 0 Å². The zero-order valence-corrected chi connectivity index (χ0v) is 13.9. The Labute approximate surface area is 135 Å². The van der Waals surface area contributed by atoms with Crippen molar-refractivity contribution in [1.82, 2.24) is 20.1 Å². The second kappa shape index (κ2) is 6.86. The summed E-state index contributed by atoms with van der Waals surface area (Å²) in [5.41, 5.74) is -0.184. The van der Waals surface area contributed by atoms with Crippen LogP contribution in [0.2, 0.25) is 0 Å². The van der Waals surface area contributed by atoms with Crippen LogP contribution in [-0.2, 0) is 23.0 Å². The first-order valence-corrected chi connectivity index (χ1v) is 8.52. The van der Waals surface area contributed by atoms with Gasteiger partial charge in [-0.3, -0.25) is 9.36 Å². The van der Waals surface area contributed by atoms with Gasteiger partial charge in [0.15, 0.2) is 0 Å². The molecule has 0 aromatic carbocycles. The van der Waals surface area contributed by atoms with E-state index in [1.165, 1.54) is 6.42 Å². The average Bonchev–Trinajstić information content (AvgIpc) is 2.80. The van der Waals surface area contributed by atoms with E-state index in [0.717, 1.165) is 44.3 Å². The first-order chi connectivity index (χ1) is 11.1. The van der Waals surface area contributed by atoms with E-state index in [-0.39, 0.29) is 29.7 Å². The van der Waals surface area contributed by atoms with Gasteiger partial charge < -0.3 is 10.1 Å². The van der Waals surface area contributed by atoms with E-state index in [0.29, 0.717) is 5.92 Å². The Bertz CT molecular complexity index is 603. The number of carbonyl (C=O) groups excluding carboxylic acids is 1. The second-order valence-electron chi connectivity index (χ2n) is 6.89. The highest BCUT2D eigenvalue weighted by Crippen LogP contribution is 2.32. The van der Waals surface area contributed by atoms with E-state index < -0.39 is 0 Å². The second-order valence-corrected chi connectivity index (χ2v) is 6.89. The Morgan fingerprint density at radius 3 is 2.78 bits per heavy atom. The van der Waals surface area contributed by atoms with Gasteiger partial charge in [-0.1, -0.05) is 12.8 Å². The van der Waals surface area contributed by atoms with Crippen molar-refractivity contribution >= 4 is 5.91 Å². The summed E-state index contributed by atoms with van der Waals surface area (Å²) in [6.45, 7) is 0. The third-order valence-electron chi connectivity index (χ3n) is 5.45. The summed E-state index contributed by atoms with van der Waals surface area (Å²) >= 11 is 0. The number of nitrogens with one attached hydrogen (secondary N) is 2. The molecule has 2 aliphatic rings. The van der Waals surface area contributed by atoms with E-state index in [2.05, 4.69) is 15.5 Å². The van der Waals surface area contributed by atoms with Crippen molar-refractivity contribution in [3.8, 4) is 0 Å². The first kappa shape index (κ1) is 16.2. The third kappa shape index (κ3) is 3.49. The predicted molar refractivity (Wildman–Crippen MR) is 84.9 cm³/mol. The molecule has 2 aliphatic carbocycles. The molecule has 0 unspecified atom stereocenters. The third-order valence-corrected chi connectivity index (χ3v) is 5.45. The number of rotatable bonds is 5. The van der Waals surface area contributed by atoms with E-state index >= 15 is 0 Å². The number of hydrogen-bond acceptors (Lipinski definition) is 4. The summed E-state index contributed by atoms with van der Waals surface area (Å²) < 4.78 is 6.81. The van der Waals surface area contributed by atoms with Crippen molar-refractivity contribution in [3.05, 3.63) is 16.3 Å². The molecule has 1 amide bonds. The Morgan fingerprint density at radius 1 is 1.39 bits per heavy atom. The van der Waals surface area contributed by atoms with Crippen molar-refractivity contribution in [2.45, 2.75) is 57.1 Å². The minimum Gasteiger partial charge on any atom is -0.381 e. The molecule has 3 rings (SSSR count). The molecule has 2 N–H and O–H groups in total. The topological polar surface area (TPSA) is 89.0 Å². The van der Waals surface area contributed by atoms with Gasteiger partial charge in [0.2, 0.25) is 5.91 Å². The number of nitrogens with zero attached hydrogens (tertiary/aromatic N) is 2. The van der Waals surface area contributed by atoms with Gasteiger partial charge in [-0.25, -0.2) is 9.89 Å². The van der Waals surface area contributed by atoms with Crippen molar-refractivity contribution in [2.75, 3.05) is 7.11 Å². The van der Waals surface area contributed by atoms with Gasteiger partial charge in [-0.2, -0.15) is 5.10 Å². The largest absolute Gasteiger partial charge is 0.381 e. The summed E-state index contributed by atoms with van der Waals surface area (Å²) in [4.78, 5) is 23.9. The highest BCUT2D eigenvalue weighted by Gasteiger charge is 2.37. The lowest BCUT2D eigenvalue weighted by Crippen LogP contribution is -2.49. The van der Waals surface area contributed by atoms with Gasteiger partial charge in [0.05, 0.1) is 6.10 Å². The monoisotopic (exact) mass is 322 g/mol. The molecule has 1 aromatic heterocycles. The molecule has 2 saturated carbocycles. The van der Waals surface area contributed by atoms with Crippen LogP contribution in [0.4, 0.5) is 0 Å². The summed E-state index contributed by atoms with van der Waals surface area (Å²) in [5, 5.41) is 9.83. The van der Waals surface area contributed by atoms with E-state index in [1.54, 1.807) is 18.7 Å². The average molecular weight is 322 g/mol. The molecule has 0 aliphatic heterocycles. The van der Waals surface area contributed by atoms with Gasteiger partial charge >= 0.3 is 5.69 Å². The summed E-state index contributed by atoms with van der Waals surface area (Å²) in [6, 6.07) is 0.185. The number of H-pyrrole nitrogens is 1. The van der Waals surface area contributed by atoms with Crippen molar-refractivity contribution < 1.29 is 9.53 Å². The molecule has 7 heteroatoms. The van der Waals surface area contributed by atoms with Crippen LogP contribution in [0.15, 0.2) is 4.79 Å². The Balaban J connectivity index is 1.59. The van der Waals surface area contributed by atoms with Crippen LogP contribution in [0.1, 0.15) is 44.3 Å². The molecule has 0 bridgehead atoms. The maximum atomic E-state index is 12.4. The zero-order chi connectivity index (χ0) is 16.4. The highest BCUT2D eigenvalue weighted by molar-refractivity contribution is 5.80. The normalized spacial score (nSPS) is 30.7. The Hall–Kier alpha value is -1.63. The lowest BCUT2D eigenvalue weighted by Gasteiger charge is -2.37. The molecule has 0 spiro atoms. The standard InChI is InChI=1S/C16H26N4O3/c1-20-14(18-19-16(20)22)9-10-5-3-4-6-13(10)17-15(21)11-7-12(8-11)23-2/h10-13H,3-9H2,1-2H3,(H,17,21)(H,19,22)/t10-,11?,12?,13-/m1/s1. The zero-order valence-electron chi connectivity index (χ0n) is 13.9. The molecule has 23 heavy (non-hydrogen) atoms. The number of aromatic nitrogens is 3. The Morgan fingerprint density at radius 2 is 2.13 bits per heavy atom. The number of aromatic amines is 1. The first-order valence-electron chi connectivity index (χ1n) is 8.52. The minimum absolute atomic E-state index is 0.0947. The molecular weight excluding hydrogens is 296 g/mol. The molecule has 0 saturated heterocycles. The number of carbonyl (C=O) groups is 1. The Kier molecular flexibility index (Phi) is 4.84. The van der Waals surface area contributed by atoms with Crippen molar-refractivity contribution in [2.24, 2.45) is 18.9 Å². The summed E-state index contributed by atoms with van der Waals surface area (Å²) in [7, 11) is 3.43. The molecule has 2 atom stereocenters. The summed E-state index contributed by atoms with van der Waals surface area (Å²) in [6.07, 6.45) is 7.02. The van der Waals surface area contributed by atoms with Gasteiger partial charge in [0, 0.05) is 32.5 Å². The molecule has 2 fully saturated rings.